The van der Waals surface area contributed by atoms with Crippen molar-refractivity contribution in [2.75, 3.05) is 26.2 Å². The van der Waals surface area contributed by atoms with E-state index in [1.54, 1.807) is 0 Å². The summed E-state index contributed by atoms with van der Waals surface area (Å²) in [6.07, 6.45) is 5.33. The lowest BCUT2D eigenvalue weighted by Gasteiger charge is -2.35. The second-order valence-electron chi connectivity index (χ2n) is 8.62. The molecule has 4 aliphatic rings. The van der Waals surface area contributed by atoms with Crippen molar-refractivity contribution in [1.82, 2.24) is 21.3 Å². The van der Waals surface area contributed by atoms with Crippen LogP contribution in [-0.4, -0.2) is 78.5 Å². The van der Waals surface area contributed by atoms with Crippen molar-refractivity contribution >= 4 is 23.6 Å². The van der Waals surface area contributed by atoms with Crippen molar-refractivity contribution in [1.29, 1.82) is 0 Å². The van der Waals surface area contributed by atoms with Gasteiger partial charge in [0.15, 0.2) is 0 Å². The Kier molecular flexibility index (Phi) is 6.21. The average Bonchev–Trinajstić information content (AvgIpc) is 3.55. The molecule has 0 aromatic carbocycles. The molecule has 4 unspecified atom stereocenters. The largest absolute Gasteiger partial charge is 0.353 e. The first-order chi connectivity index (χ1) is 14.1. The summed E-state index contributed by atoms with van der Waals surface area (Å²) < 4.78 is -1.29. The maximum atomic E-state index is 13.8. The minimum Gasteiger partial charge on any atom is -0.302 e. The first-order valence-corrected chi connectivity index (χ1v) is 11.1. The predicted octanol–water partition coefficient (Wildman–Crippen LogP) is -1.08. The SMILES string of the molecule is O=C(C1CCCN1)[N+](C(=O)C1CCCN1)(C(=O)C1CCCN1)C(=O)C1CCCN1. The highest BCUT2D eigenvalue weighted by molar-refractivity contribution is 6.14. The fourth-order valence-electron chi connectivity index (χ4n) is 5.17. The average molecular weight is 407 g/mol. The highest BCUT2D eigenvalue weighted by Gasteiger charge is 2.65. The lowest BCUT2D eigenvalue weighted by Crippen LogP contribution is -2.75. The van der Waals surface area contributed by atoms with E-state index in [1.165, 1.54) is 0 Å². The van der Waals surface area contributed by atoms with Crippen molar-refractivity contribution in [3.05, 3.63) is 0 Å². The number of hydrogen-bond donors (Lipinski definition) is 4. The molecule has 9 nitrogen and oxygen atoms in total. The Labute approximate surface area is 170 Å². The normalized spacial score (nSPS) is 34.2. The summed E-state index contributed by atoms with van der Waals surface area (Å²) >= 11 is 0. The Morgan fingerprint density at radius 2 is 0.724 bits per heavy atom. The van der Waals surface area contributed by atoms with E-state index < -0.39 is 52.3 Å². The van der Waals surface area contributed by atoms with Crippen LogP contribution in [0.5, 0.6) is 0 Å². The van der Waals surface area contributed by atoms with Crippen LogP contribution in [0.25, 0.3) is 0 Å². The van der Waals surface area contributed by atoms with Crippen LogP contribution in [0, 0.1) is 0 Å². The van der Waals surface area contributed by atoms with Gasteiger partial charge in [0.25, 0.3) is 0 Å². The van der Waals surface area contributed by atoms with Gasteiger partial charge in [0.05, 0.1) is 0 Å². The van der Waals surface area contributed by atoms with E-state index in [0.717, 1.165) is 25.7 Å². The molecule has 4 saturated heterocycles. The third-order valence-corrected chi connectivity index (χ3v) is 6.76. The molecule has 0 saturated carbocycles. The molecule has 9 heteroatoms. The molecule has 4 rings (SSSR count). The smallest absolute Gasteiger partial charge is 0.302 e. The van der Waals surface area contributed by atoms with E-state index in [4.69, 9.17) is 0 Å². The number of nitrogens with one attached hydrogen (secondary N) is 4. The summed E-state index contributed by atoms with van der Waals surface area (Å²) in [6.45, 7) is 2.60. The Morgan fingerprint density at radius 1 is 0.483 bits per heavy atom. The molecule has 0 aliphatic carbocycles. The van der Waals surface area contributed by atoms with Crippen LogP contribution in [-0.2, 0) is 19.2 Å². The monoisotopic (exact) mass is 406 g/mol. The van der Waals surface area contributed by atoms with Crippen LogP contribution >= 0.6 is 0 Å². The molecule has 4 atom stereocenters. The van der Waals surface area contributed by atoms with Gasteiger partial charge in [-0.05, 0) is 77.5 Å². The van der Waals surface area contributed by atoms with Gasteiger partial charge in [0, 0.05) is 0 Å². The summed E-state index contributed by atoms with van der Waals surface area (Å²) in [4.78, 5) is 55.3. The first-order valence-electron chi connectivity index (χ1n) is 11.1. The summed E-state index contributed by atoms with van der Waals surface area (Å²) in [5.41, 5.74) is 0. The topological polar surface area (TPSA) is 116 Å². The number of rotatable bonds is 4. The van der Waals surface area contributed by atoms with Crippen LogP contribution in [0.3, 0.4) is 0 Å². The van der Waals surface area contributed by atoms with Gasteiger partial charge in [-0.2, -0.15) is 0 Å². The van der Waals surface area contributed by atoms with Gasteiger partial charge in [0.2, 0.25) is 0 Å². The first kappa shape index (κ1) is 20.7. The van der Waals surface area contributed by atoms with Crippen LogP contribution < -0.4 is 21.3 Å². The molecule has 160 valence electrons. The Balaban J connectivity index is 1.79. The van der Waals surface area contributed by atoms with Gasteiger partial charge in [-0.1, -0.05) is 4.48 Å². The van der Waals surface area contributed by atoms with Crippen molar-refractivity contribution in [2.24, 2.45) is 0 Å². The van der Waals surface area contributed by atoms with Crippen LogP contribution in [0.1, 0.15) is 51.4 Å². The zero-order valence-corrected chi connectivity index (χ0v) is 16.9. The number of imide groups is 6. The molecule has 0 bridgehead atoms. The van der Waals surface area contributed by atoms with Gasteiger partial charge in [-0.25, -0.2) is 19.2 Å². The summed E-state index contributed by atoms with van der Waals surface area (Å²) in [6, 6.07) is -2.57. The second-order valence-corrected chi connectivity index (χ2v) is 8.62. The third-order valence-electron chi connectivity index (χ3n) is 6.76. The molecule has 29 heavy (non-hydrogen) atoms. The number of hydrogen-bond acceptors (Lipinski definition) is 8. The fourth-order valence-corrected chi connectivity index (χ4v) is 5.17. The van der Waals surface area contributed by atoms with Gasteiger partial charge in [-0.15, -0.1) is 0 Å². The fraction of sp³-hybridized carbons (Fsp3) is 0.800. The molecule has 0 spiro atoms. The van der Waals surface area contributed by atoms with Gasteiger partial charge >= 0.3 is 23.6 Å². The molecule has 4 heterocycles. The zero-order valence-electron chi connectivity index (χ0n) is 16.9. The second kappa shape index (κ2) is 8.69. The molecular weight excluding hydrogens is 374 g/mol. The molecule has 0 aromatic heterocycles. The highest BCUT2D eigenvalue weighted by atomic mass is 16.2. The number of quaternary nitrogens is 1. The van der Waals surface area contributed by atoms with E-state index in [9.17, 15) is 19.2 Å². The Morgan fingerprint density at radius 3 is 0.897 bits per heavy atom. The molecule has 4 fully saturated rings. The maximum Gasteiger partial charge on any atom is 0.353 e. The molecule has 4 amide bonds. The summed E-state index contributed by atoms with van der Waals surface area (Å²) in [7, 11) is 0. The Bertz CT molecular complexity index is 555. The summed E-state index contributed by atoms with van der Waals surface area (Å²) in [5.74, 6) is -2.34. The lowest BCUT2D eigenvalue weighted by atomic mass is 10.0. The van der Waals surface area contributed by atoms with E-state index in [0.29, 0.717) is 51.9 Å². The summed E-state index contributed by atoms with van der Waals surface area (Å²) in [5, 5.41) is 12.5. The minimum atomic E-state index is -1.29. The maximum absolute atomic E-state index is 13.8. The quantitative estimate of drug-likeness (QED) is 0.344. The van der Waals surface area contributed by atoms with Gasteiger partial charge in [-0.3, -0.25) is 0 Å². The van der Waals surface area contributed by atoms with Crippen LogP contribution in [0.4, 0.5) is 0 Å². The Hall–Kier alpha value is -1.52. The van der Waals surface area contributed by atoms with Crippen molar-refractivity contribution in [3.8, 4) is 0 Å². The predicted molar refractivity (Wildman–Crippen MR) is 104 cm³/mol. The molecule has 4 N–H and O–H groups in total. The van der Waals surface area contributed by atoms with Crippen LogP contribution in [0.2, 0.25) is 0 Å². The van der Waals surface area contributed by atoms with E-state index in [2.05, 4.69) is 21.3 Å². The number of amides is 4. The molecule has 0 radical (unpaired) electrons. The standard InChI is InChI=1S/C20H32N5O4/c26-17(13-5-1-9-21-13)25(18(27)14-6-2-10-22-14,19(28)15-7-3-11-23-15)20(29)16-8-4-12-24-16/h13-16,21-24H,1-12H2/q+1. The lowest BCUT2D eigenvalue weighted by molar-refractivity contribution is -0.632. The van der Waals surface area contributed by atoms with Crippen molar-refractivity contribution < 1.29 is 23.7 Å². The number of carbonyl (C=O) groups excluding carboxylic acids is 4. The van der Waals surface area contributed by atoms with Crippen molar-refractivity contribution in [3.63, 3.8) is 0 Å². The van der Waals surface area contributed by atoms with Gasteiger partial charge < -0.3 is 21.3 Å². The van der Waals surface area contributed by atoms with E-state index in [1.807, 2.05) is 0 Å². The van der Waals surface area contributed by atoms with Crippen LogP contribution in [0.15, 0.2) is 0 Å². The van der Waals surface area contributed by atoms with Gasteiger partial charge in [0.1, 0.15) is 24.2 Å². The minimum absolute atomic E-state index is 0.543. The zero-order chi connectivity index (χ0) is 20.4. The number of nitrogens with zero attached hydrogens (tertiary/aromatic N) is 1. The highest BCUT2D eigenvalue weighted by Crippen LogP contribution is 2.28. The third kappa shape index (κ3) is 3.59. The van der Waals surface area contributed by atoms with Crippen molar-refractivity contribution in [2.45, 2.75) is 75.5 Å². The number of carbonyl (C=O) groups is 4. The molecular formula is C20H32N5O4+. The van der Waals surface area contributed by atoms with E-state index in [-0.39, 0.29) is 0 Å². The molecule has 0 aromatic rings. The molecule has 4 aliphatic heterocycles. The van der Waals surface area contributed by atoms with E-state index >= 15 is 0 Å².